The monoisotopic (exact) mass is 572 g/mol. The molecule has 8 nitrogen and oxygen atoms in total. The summed E-state index contributed by atoms with van der Waals surface area (Å²) in [5, 5.41) is 11.1. The molecule has 0 saturated heterocycles. The van der Waals surface area contributed by atoms with Gasteiger partial charge < -0.3 is 14.4 Å². The summed E-state index contributed by atoms with van der Waals surface area (Å²) in [5.41, 5.74) is 4.88. The first-order chi connectivity index (χ1) is 19.9. The van der Waals surface area contributed by atoms with E-state index in [1.54, 1.807) is 19.2 Å². The number of allylic oxidation sites excluding steroid dienone is 4. The number of nitro benzene ring substituents is 1. The van der Waals surface area contributed by atoms with Gasteiger partial charge in [-0.15, -0.1) is 0 Å². The molecule has 8 heteroatoms. The number of carbonyl (C=O) groups excluding carboxylic acids is 2. The second kappa shape index (κ2) is 11.5. The Bertz CT molecular complexity index is 1410. The highest BCUT2D eigenvalue weighted by Crippen LogP contribution is 2.54. The molecule has 42 heavy (non-hydrogen) atoms. The Morgan fingerprint density at radius 2 is 1.50 bits per heavy atom. The van der Waals surface area contributed by atoms with Gasteiger partial charge in [-0.3, -0.25) is 19.7 Å². The van der Waals surface area contributed by atoms with Gasteiger partial charge in [0.05, 0.1) is 4.92 Å². The molecule has 0 bridgehead atoms. The summed E-state index contributed by atoms with van der Waals surface area (Å²) >= 11 is 0. The molecule has 5 rings (SSSR count). The second-order valence-corrected chi connectivity index (χ2v) is 13.3. The number of methoxy groups -OCH3 is 1. The lowest BCUT2D eigenvalue weighted by atomic mass is 9.63. The van der Waals surface area contributed by atoms with Gasteiger partial charge in [0.1, 0.15) is 12.4 Å². The first kappa shape index (κ1) is 29.7. The molecule has 0 saturated carbocycles. The van der Waals surface area contributed by atoms with E-state index in [0.29, 0.717) is 37.3 Å². The number of ether oxygens (including phenoxy) is 2. The molecule has 2 aromatic rings. The van der Waals surface area contributed by atoms with Gasteiger partial charge in [-0.05, 0) is 53.4 Å². The van der Waals surface area contributed by atoms with Crippen LogP contribution in [0.5, 0.6) is 5.75 Å². The van der Waals surface area contributed by atoms with E-state index in [1.807, 2.05) is 24.3 Å². The summed E-state index contributed by atoms with van der Waals surface area (Å²) in [6.45, 7) is 10.1. The maximum atomic E-state index is 13.9. The van der Waals surface area contributed by atoms with E-state index in [1.165, 1.54) is 12.1 Å². The lowest BCUT2D eigenvalue weighted by Gasteiger charge is -2.49. The van der Waals surface area contributed by atoms with Crippen molar-refractivity contribution in [1.29, 1.82) is 0 Å². The molecule has 3 aliphatic rings. The Labute approximate surface area is 247 Å². The molecule has 2 aromatic carbocycles. The van der Waals surface area contributed by atoms with E-state index in [9.17, 15) is 19.7 Å². The number of nitrogens with zero attached hydrogens (tertiary/aromatic N) is 2. The third-order valence-electron chi connectivity index (χ3n) is 8.49. The average molecular weight is 573 g/mol. The fraction of sp³-hybridized carbons (Fsp3) is 0.471. The first-order valence-corrected chi connectivity index (χ1v) is 14.6. The predicted octanol–water partition coefficient (Wildman–Crippen LogP) is 6.90. The van der Waals surface area contributed by atoms with Crippen LogP contribution in [0.4, 0.5) is 5.69 Å². The number of hydrogen-bond donors (Lipinski definition) is 0. The van der Waals surface area contributed by atoms with Crippen molar-refractivity contribution in [2.45, 2.75) is 72.3 Å². The van der Waals surface area contributed by atoms with Gasteiger partial charge in [0.2, 0.25) is 0 Å². The molecule has 1 heterocycles. The Balaban J connectivity index is 1.52. The van der Waals surface area contributed by atoms with E-state index in [0.717, 1.165) is 47.4 Å². The highest BCUT2D eigenvalue weighted by Gasteiger charge is 2.48. The van der Waals surface area contributed by atoms with Crippen molar-refractivity contribution >= 4 is 17.3 Å². The van der Waals surface area contributed by atoms with E-state index < -0.39 is 10.8 Å². The van der Waals surface area contributed by atoms with Crippen molar-refractivity contribution in [3.05, 3.63) is 92.3 Å². The van der Waals surface area contributed by atoms with Crippen LogP contribution in [0.2, 0.25) is 0 Å². The van der Waals surface area contributed by atoms with Gasteiger partial charge in [0.25, 0.3) is 5.69 Å². The van der Waals surface area contributed by atoms with Crippen molar-refractivity contribution in [1.82, 2.24) is 4.90 Å². The van der Waals surface area contributed by atoms with Crippen LogP contribution in [0.15, 0.2) is 71.1 Å². The Morgan fingerprint density at radius 3 is 2.05 bits per heavy atom. The number of non-ortho nitro benzene ring substituents is 1. The van der Waals surface area contributed by atoms with Crippen LogP contribution in [0.25, 0.3) is 0 Å². The minimum atomic E-state index is -0.422. The van der Waals surface area contributed by atoms with Crippen LogP contribution in [0, 0.1) is 20.9 Å². The molecule has 0 spiro atoms. The number of benzene rings is 2. The highest BCUT2D eigenvalue weighted by atomic mass is 16.6. The summed E-state index contributed by atoms with van der Waals surface area (Å²) in [6, 6.07) is 14.0. The van der Waals surface area contributed by atoms with E-state index in [-0.39, 0.29) is 34.7 Å². The molecule has 0 radical (unpaired) electrons. The van der Waals surface area contributed by atoms with Gasteiger partial charge in [0.15, 0.2) is 11.6 Å². The van der Waals surface area contributed by atoms with Gasteiger partial charge in [-0.2, -0.15) is 0 Å². The quantitative estimate of drug-likeness (QED) is 0.183. The average Bonchev–Trinajstić information content (AvgIpc) is 2.91. The van der Waals surface area contributed by atoms with Crippen molar-refractivity contribution in [3.63, 3.8) is 0 Å². The molecule has 0 fully saturated rings. The number of carbonyl (C=O) groups is 2. The number of nitro groups is 1. The van der Waals surface area contributed by atoms with Gasteiger partial charge in [-0.1, -0.05) is 52.0 Å². The topological polar surface area (TPSA) is 99.0 Å². The normalized spacial score (nSPS) is 20.0. The van der Waals surface area contributed by atoms with Crippen molar-refractivity contribution in [2.75, 3.05) is 20.3 Å². The number of Topliss-reactive ketones (excluding diaryl/α,β-unsaturated/α-hetero) is 2. The summed E-state index contributed by atoms with van der Waals surface area (Å²) in [4.78, 5) is 40.8. The molecule has 0 aromatic heterocycles. The summed E-state index contributed by atoms with van der Waals surface area (Å²) in [7, 11) is 1.69. The summed E-state index contributed by atoms with van der Waals surface area (Å²) in [5.74, 6) is 0.418. The smallest absolute Gasteiger partial charge is 0.269 e. The van der Waals surface area contributed by atoms with Crippen molar-refractivity contribution in [2.24, 2.45) is 10.8 Å². The summed E-state index contributed by atoms with van der Waals surface area (Å²) < 4.78 is 11.3. The minimum Gasteiger partial charge on any atom is -0.489 e. The van der Waals surface area contributed by atoms with Crippen LogP contribution in [-0.4, -0.2) is 41.7 Å². The molecule has 0 amide bonds. The van der Waals surface area contributed by atoms with Crippen LogP contribution in [0.1, 0.15) is 76.8 Å². The van der Waals surface area contributed by atoms with Gasteiger partial charge in [-0.25, -0.2) is 0 Å². The molecular weight excluding hydrogens is 532 g/mol. The molecule has 0 unspecified atom stereocenters. The highest BCUT2D eigenvalue weighted by molar-refractivity contribution is 6.06. The maximum absolute atomic E-state index is 13.9. The van der Waals surface area contributed by atoms with Crippen molar-refractivity contribution < 1.29 is 24.0 Å². The van der Waals surface area contributed by atoms with E-state index in [4.69, 9.17) is 9.47 Å². The van der Waals surface area contributed by atoms with Crippen LogP contribution < -0.4 is 4.74 Å². The standard InChI is InChI=1S/C34H40N2O6/c1-33(2)17-26-31(28(37)19-33)30(32-27(35(26)14-7-15-41-5)18-34(3,4)20-29(32)38)23-10-12-25(13-11-23)42-21-22-8-6-9-24(16-22)36(39)40/h6,8-13,16,30H,7,14-15,17-21H2,1-5H3. The molecular formula is C34H40N2O6. The predicted molar refractivity (Wildman–Crippen MR) is 160 cm³/mol. The minimum absolute atomic E-state index is 0.0221. The fourth-order valence-electron chi connectivity index (χ4n) is 6.70. The lowest BCUT2D eigenvalue weighted by Crippen LogP contribution is -2.44. The maximum Gasteiger partial charge on any atom is 0.269 e. The first-order valence-electron chi connectivity index (χ1n) is 14.6. The second-order valence-electron chi connectivity index (χ2n) is 13.3. The Hall–Kier alpha value is -3.78. The number of rotatable bonds is 9. The Morgan fingerprint density at radius 1 is 0.905 bits per heavy atom. The zero-order valence-electron chi connectivity index (χ0n) is 25.2. The van der Waals surface area contributed by atoms with Crippen LogP contribution in [0.3, 0.4) is 0 Å². The zero-order valence-corrected chi connectivity index (χ0v) is 25.2. The third-order valence-corrected chi connectivity index (χ3v) is 8.49. The largest absolute Gasteiger partial charge is 0.489 e. The molecule has 222 valence electrons. The van der Waals surface area contributed by atoms with Crippen molar-refractivity contribution in [3.8, 4) is 5.75 Å². The SMILES string of the molecule is COCCCN1C2=C(C(=O)CC(C)(C)C2)C(c2ccc(OCc3cccc([N+](=O)[O-])c3)cc2)C2=C1CC(C)(C)CC2=O. The number of hydrogen-bond acceptors (Lipinski definition) is 7. The third kappa shape index (κ3) is 6.04. The lowest BCUT2D eigenvalue weighted by molar-refractivity contribution is -0.384. The Kier molecular flexibility index (Phi) is 8.12. The van der Waals surface area contributed by atoms with E-state index >= 15 is 0 Å². The molecule has 2 aliphatic carbocycles. The zero-order chi connectivity index (χ0) is 30.2. The number of ketones is 2. The van der Waals surface area contributed by atoms with E-state index in [2.05, 4.69) is 32.6 Å². The van der Waals surface area contributed by atoms with Gasteiger partial charge in [0, 0.05) is 73.7 Å². The molecule has 1 aliphatic heterocycles. The fourth-order valence-corrected chi connectivity index (χ4v) is 6.70. The molecule has 0 N–H and O–H groups in total. The molecule has 0 atom stereocenters. The van der Waals surface area contributed by atoms with Gasteiger partial charge >= 0.3 is 0 Å². The van der Waals surface area contributed by atoms with Crippen LogP contribution >= 0.6 is 0 Å². The van der Waals surface area contributed by atoms with Crippen LogP contribution in [-0.2, 0) is 20.9 Å². The summed E-state index contributed by atoms with van der Waals surface area (Å²) in [6.07, 6.45) is 3.23.